The van der Waals surface area contributed by atoms with Crippen molar-refractivity contribution in [3.63, 3.8) is 0 Å². The Labute approximate surface area is 231 Å². The van der Waals surface area contributed by atoms with Gasteiger partial charge >= 0.3 is 0 Å². The molecular weight excluding hydrogens is 508 g/mol. The van der Waals surface area contributed by atoms with Gasteiger partial charge in [0.05, 0.1) is 23.4 Å². The first-order valence-electron chi connectivity index (χ1n) is 13.5. The number of anilines is 1. The van der Waals surface area contributed by atoms with Crippen LogP contribution in [-0.4, -0.2) is 62.3 Å². The van der Waals surface area contributed by atoms with Crippen LogP contribution in [0.2, 0.25) is 0 Å². The SMILES string of the molecule is C=C1CCC(N2C(=O)c3cccc(NCc4cnn(C5CCN(C(=O)c6ccccc6)CC5)c4)c3C2=O)C(=O)N1. The van der Waals surface area contributed by atoms with Gasteiger partial charge in [-0.05, 0) is 49.9 Å². The van der Waals surface area contributed by atoms with E-state index in [1.54, 1.807) is 24.4 Å². The number of carbonyl (C=O) groups is 4. The number of benzene rings is 2. The molecule has 10 heteroatoms. The minimum atomic E-state index is -0.849. The Bertz CT molecular complexity index is 1510. The Morgan fingerprint density at radius 3 is 2.52 bits per heavy atom. The molecule has 1 unspecified atom stereocenters. The third-order valence-corrected chi connectivity index (χ3v) is 7.86. The van der Waals surface area contributed by atoms with Crippen LogP contribution in [0.4, 0.5) is 5.69 Å². The van der Waals surface area contributed by atoms with E-state index < -0.39 is 17.9 Å². The molecule has 1 atom stereocenters. The number of hydrogen-bond donors (Lipinski definition) is 2. The summed E-state index contributed by atoms with van der Waals surface area (Å²) < 4.78 is 1.95. The second-order valence-corrected chi connectivity index (χ2v) is 10.4. The number of hydrogen-bond acceptors (Lipinski definition) is 6. The summed E-state index contributed by atoms with van der Waals surface area (Å²) >= 11 is 0. The van der Waals surface area contributed by atoms with Crippen LogP contribution in [0.5, 0.6) is 0 Å². The van der Waals surface area contributed by atoms with Crippen molar-refractivity contribution in [1.82, 2.24) is 24.9 Å². The van der Waals surface area contributed by atoms with E-state index in [1.807, 2.05) is 46.1 Å². The van der Waals surface area contributed by atoms with E-state index in [1.165, 1.54) is 0 Å². The van der Waals surface area contributed by atoms with Crippen molar-refractivity contribution in [2.45, 2.75) is 44.3 Å². The summed E-state index contributed by atoms with van der Waals surface area (Å²) in [6, 6.07) is 13.8. The molecule has 3 aliphatic rings. The van der Waals surface area contributed by atoms with E-state index >= 15 is 0 Å². The average molecular weight is 539 g/mol. The summed E-state index contributed by atoms with van der Waals surface area (Å²) in [6.45, 7) is 5.52. The molecule has 3 aliphatic heterocycles. The summed E-state index contributed by atoms with van der Waals surface area (Å²) in [5.74, 6) is -1.26. The van der Waals surface area contributed by atoms with Crippen LogP contribution in [0.15, 0.2) is 73.2 Å². The summed E-state index contributed by atoms with van der Waals surface area (Å²) in [6.07, 6.45) is 6.27. The molecule has 10 nitrogen and oxygen atoms in total. The van der Waals surface area contributed by atoms with Crippen LogP contribution in [-0.2, 0) is 11.3 Å². The van der Waals surface area contributed by atoms with Gasteiger partial charge in [0.2, 0.25) is 5.91 Å². The lowest BCUT2D eigenvalue weighted by atomic mass is 10.0. The fourth-order valence-corrected chi connectivity index (χ4v) is 5.70. The number of rotatable bonds is 6. The van der Waals surface area contributed by atoms with Crippen molar-refractivity contribution in [2.24, 2.45) is 0 Å². The number of carbonyl (C=O) groups excluding carboxylic acids is 4. The summed E-state index contributed by atoms with van der Waals surface area (Å²) in [7, 11) is 0. The van der Waals surface area contributed by atoms with Gasteiger partial charge in [0.15, 0.2) is 0 Å². The molecule has 0 saturated carbocycles. The molecule has 2 N–H and O–H groups in total. The molecule has 40 heavy (non-hydrogen) atoms. The molecule has 0 bridgehead atoms. The summed E-state index contributed by atoms with van der Waals surface area (Å²) in [5, 5.41) is 10.5. The number of imide groups is 1. The maximum absolute atomic E-state index is 13.4. The highest BCUT2D eigenvalue weighted by Crippen LogP contribution is 2.33. The zero-order valence-corrected chi connectivity index (χ0v) is 22.0. The van der Waals surface area contributed by atoms with Crippen molar-refractivity contribution >= 4 is 29.3 Å². The largest absolute Gasteiger partial charge is 0.380 e. The Morgan fingerprint density at radius 2 is 1.77 bits per heavy atom. The van der Waals surface area contributed by atoms with Crippen LogP contribution in [0, 0.1) is 0 Å². The van der Waals surface area contributed by atoms with E-state index in [2.05, 4.69) is 22.3 Å². The topological polar surface area (TPSA) is 117 Å². The second-order valence-electron chi connectivity index (χ2n) is 10.4. The first-order chi connectivity index (χ1) is 19.4. The first kappa shape index (κ1) is 25.5. The van der Waals surface area contributed by atoms with Crippen molar-refractivity contribution in [1.29, 1.82) is 0 Å². The molecule has 4 heterocycles. The zero-order chi connectivity index (χ0) is 27.8. The zero-order valence-electron chi connectivity index (χ0n) is 22.0. The maximum atomic E-state index is 13.4. The number of nitrogens with zero attached hydrogens (tertiary/aromatic N) is 4. The minimum Gasteiger partial charge on any atom is -0.380 e. The molecule has 3 aromatic rings. The smallest absolute Gasteiger partial charge is 0.264 e. The molecular formula is C30H30N6O4. The molecule has 2 saturated heterocycles. The van der Waals surface area contributed by atoms with Crippen molar-refractivity contribution < 1.29 is 19.2 Å². The van der Waals surface area contributed by atoms with Crippen molar-refractivity contribution in [2.75, 3.05) is 18.4 Å². The number of likely N-dealkylation sites (tertiary alicyclic amines) is 1. The Hall–Kier alpha value is -4.73. The summed E-state index contributed by atoms with van der Waals surface area (Å²) in [5.41, 5.74) is 3.34. The average Bonchev–Trinajstić information content (AvgIpc) is 3.55. The molecule has 6 rings (SSSR count). The fourth-order valence-electron chi connectivity index (χ4n) is 5.70. The number of amides is 4. The Kier molecular flexibility index (Phi) is 6.67. The van der Waals surface area contributed by atoms with Gasteiger partial charge in [-0.3, -0.25) is 28.8 Å². The molecule has 4 amide bonds. The number of fused-ring (bicyclic) bond motifs is 1. The van der Waals surface area contributed by atoms with E-state index in [-0.39, 0.29) is 23.4 Å². The van der Waals surface area contributed by atoms with Gasteiger partial charge in [0.1, 0.15) is 6.04 Å². The highest BCUT2D eigenvalue weighted by molar-refractivity contribution is 6.25. The lowest BCUT2D eigenvalue weighted by Gasteiger charge is -2.32. The minimum absolute atomic E-state index is 0.0564. The molecule has 2 aromatic carbocycles. The van der Waals surface area contributed by atoms with Crippen molar-refractivity contribution in [3.8, 4) is 0 Å². The predicted octanol–water partition coefficient (Wildman–Crippen LogP) is 3.36. The number of allylic oxidation sites excluding steroid dienone is 1. The number of piperidine rings is 2. The third-order valence-electron chi connectivity index (χ3n) is 7.86. The van der Waals surface area contributed by atoms with E-state index in [4.69, 9.17) is 0 Å². The molecule has 0 spiro atoms. The van der Waals surface area contributed by atoms with Gasteiger partial charge in [-0.25, -0.2) is 0 Å². The Morgan fingerprint density at radius 1 is 1.00 bits per heavy atom. The quantitative estimate of drug-likeness (QED) is 0.465. The number of aromatic nitrogens is 2. The lowest BCUT2D eigenvalue weighted by Crippen LogP contribution is -2.51. The predicted molar refractivity (Wildman–Crippen MR) is 147 cm³/mol. The molecule has 0 radical (unpaired) electrons. The van der Waals surface area contributed by atoms with E-state index in [0.717, 1.165) is 23.3 Å². The van der Waals surface area contributed by atoms with Gasteiger partial charge in [-0.1, -0.05) is 30.8 Å². The molecule has 204 valence electrons. The van der Waals surface area contributed by atoms with Crippen molar-refractivity contribution in [3.05, 3.63) is 95.5 Å². The molecule has 2 fully saturated rings. The Balaban J connectivity index is 1.09. The molecule has 1 aromatic heterocycles. The van der Waals surface area contributed by atoms with Gasteiger partial charge < -0.3 is 15.5 Å². The standard InChI is InChI=1S/C30H30N6O4/c1-19-10-11-25(27(37)33-19)36-29(39)23-8-5-9-24(26(23)30(36)40)31-16-20-17-32-35(18-20)22-12-14-34(15-13-22)28(38)21-6-3-2-4-7-21/h2-9,17-18,22,25,31H,1,10-16H2,(H,33,37). The summed E-state index contributed by atoms with van der Waals surface area (Å²) in [4.78, 5) is 54.7. The van der Waals surface area contributed by atoms with E-state index in [9.17, 15) is 19.2 Å². The lowest BCUT2D eigenvalue weighted by molar-refractivity contribution is -0.125. The van der Waals surface area contributed by atoms with Gasteiger partial charge in [0, 0.05) is 48.3 Å². The highest BCUT2D eigenvalue weighted by Gasteiger charge is 2.45. The van der Waals surface area contributed by atoms with Gasteiger partial charge in [-0.2, -0.15) is 5.10 Å². The maximum Gasteiger partial charge on any atom is 0.264 e. The highest BCUT2D eigenvalue weighted by atomic mass is 16.2. The number of nitrogens with one attached hydrogen (secondary N) is 2. The van der Waals surface area contributed by atoms with Crippen LogP contribution in [0.3, 0.4) is 0 Å². The fraction of sp³-hybridized carbons (Fsp3) is 0.300. The first-order valence-corrected chi connectivity index (χ1v) is 13.5. The van der Waals surface area contributed by atoms with Crippen LogP contribution >= 0.6 is 0 Å². The normalized spacial score (nSPS) is 19.6. The van der Waals surface area contributed by atoms with Crippen LogP contribution < -0.4 is 10.6 Å². The van der Waals surface area contributed by atoms with Crippen LogP contribution in [0.1, 0.15) is 68.4 Å². The monoisotopic (exact) mass is 538 g/mol. The third kappa shape index (κ3) is 4.66. The molecule has 0 aliphatic carbocycles. The van der Waals surface area contributed by atoms with Gasteiger partial charge in [-0.15, -0.1) is 0 Å². The van der Waals surface area contributed by atoms with Gasteiger partial charge in [0.25, 0.3) is 17.7 Å². The van der Waals surface area contributed by atoms with E-state index in [0.29, 0.717) is 55.0 Å². The second kappa shape index (κ2) is 10.4. The van der Waals surface area contributed by atoms with Crippen LogP contribution in [0.25, 0.3) is 0 Å².